The molecule has 0 saturated carbocycles. The van der Waals surface area contributed by atoms with E-state index in [4.69, 9.17) is 4.74 Å². The maximum atomic E-state index is 12.9. The lowest BCUT2D eigenvalue weighted by atomic mass is 9.76. The summed E-state index contributed by atoms with van der Waals surface area (Å²) in [5, 5.41) is 0.777. The van der Waals surface area contributed by atoms with Crippen LogP contribution in [0.1, 0.15) is 37.3 Å². The molecular formula is C23H29N3O2S. The number of carbonyl (C=O) groups excluding carboxylic acids is 1. The molecule has 0 spiro atoms. The summed E-state index contributed by atoms with van der Waals surface area (Å²) in [6.45, 7) is 4.69. The Balaban J connectivity index is 1.72. The predicted molar refractivity (Wildman–Crippen MR) is 117 cm³/mol. The van der Waals surface area contributed by atoms with Crippen LogP contribution in [0.3, 0.4) is 0 Å². The van der Waals surface area contributed by atoms with Gasteiger partial charge in [0.05, 0.1) is 12.0 Å². The van der Waals surface area contributed by atoms with E-state index in [-0.39, 0.29) is 5.97 Å². The standard InChI is InChI=1S/C23H29N3O2S/c1-3-28-21(27)23(12-7-11-19-9-5-4-6-10-19)13-8-14-26(18-23)17-20-15-24-22(29-2)25-16-20/h4-7,9-11,15-16H,3,8,12-14,17-18H2,1-2H3. The molecular weight excluding hydrogens is 382 g/mol. The monoisotopic (exact) mass is 411 g/mol. The van der Waals surface area contributed by atoms with Crippen LogP contribution in [0.15, 0.2) is 54.0 Å². The van der Waals surface area contributed by atoms with Gasteiger partial charge in [0, 0.05) is 31.0 Å². The molecule has 0 bridgehead atoms. The summed E-state index contributed by atoms with van der Waals surface area (Å²) >= 11 is 1.54. The molecule has 2 heterocycles. The lowest BCUT2D eigenvalue weighted by Gasteiger charge is -2.40. The van der Waals surface area contributed by atoms with Crippen LogP contribution in [0.25, 0.3) is 6.08 Å². The van der Waals surface area contributed by atoms with E-state index in [2.05, 4.69) is 39.2 Å². The highest BCUT2D eigenvalue weighted by Crippen LogP contribution is 2.36. The number of ether oxygens (including phenoxy) is 1. The Morgan fingerprint density at radius 1 is 1.28 bits per heavy atom. The van der Waals surface area contributed by atoms with E-state index < -0.39 is 5.41 Å². The first kappa shape index (κ1) is 21.5. The number of thioether (sulfide) groups is 1. The largest absolute Gasteiger partial charge is 0.466 e. The van der Waals surface area contributed by atoms with Gasteiger partial charge in [0.25, 0.3) is 0 Å². The molecule has 1 aromatic carbocycles. The van der Waals surface area contributed by atoms with Crippen molar-refractivity contribution in [3.8, 4) is 0 Å². The molecule has 154 valence electrons. The molecule has 0 aliphatic carbocycles. The minimum absolute atomic E-state index is 0.0867. The molecule has 1 atom stereocenters. The minimum atomic E-state index is -0.500. The van der Waals surface area contributed by atoms with Crippen molar-refractivity contribution < 1.29 is 9.53 Å². The molecule has 1 aromatic heterocycles. The summed E-state index contributed by atoms with van der Waals surface area (Å²) in [6, 6.07) is 10.2. The SMILES string of the molecule is CCOC(=O)C1(CC=Cc2ccccc2)CCCN(Cc2cnc(SC)nc2)C1. The number of carbonyl (C=O) groups is 1. The van der Waals surface area contributed by atoms with Gasteiger partial charge < -0.3 is 4.74 Å². The molecule has 0 amide bonds. The maximum Gasteiger partial charge on any atom is 0.313 e. The zero-order valence-corrected chi connectivity index (χ0v) is 18.0. The number of aromatic nitrogens is 2. The van der Waals surface area contributed by atoms with Crippen LogP contribution in [0.5, 0.6) is 0 Å². The van der Waals surface area contributed by atoms with E-state index in [1.807, 2.05) is 43.8 Å². The smallest absolute Gasteiger partial charge is 0.313 e. The molecule has 1 unspecified atom stereocenters. The fraction of sp³-hybridized carbons (Fsp3) is 0.435. The van der Waals surface area contributed by atoms with Gasteiger partial charge in [0.1, 0.15) is 0 Å². The van der Waals surface area contributed by atoms with Crippen molar-refractivity contribution in [2.45, 2.75) is 37.9 Å². The Kier molecular flexibility index (Phi) is 7.83. The molecule has 1 aliphatic heterocycles. The fourth-order valence-electron chi connectivity index (χ4n) is 3.84. The Bertz CT molecular complexity index is 811. The Labute approximate surface area is 177 Å². The van der Waals surface area contributed by atoms with Gasteiger partial charge in [-0.1, -0.05) is 54.2 Å². The zero-order chi connectivity index (χ0) is 20.5. The van der Waals surface area contributed by atoms with Crippen LogP contribution >= 0.6 is 11.8 Å². The highest BCUT2D eigenvalue weighted by Gasteiger charge is 2.42. The van der Waals surface area contributed by atoms with E-state index in [1.165, 1.54) is 11.8 Å². The molecule has 1 aliphatic rings. The van der Waals surface area contributed by atoms with Crippen molar-refractivity contribution in [2.24, 2.45) is 5.41 Å². The second kappa shape index (κ2) is 10.6. The maximum absolute atomic E-state index is 12.9. The normalized spacial score (nSPS) is 20.1. The molecule has 0 radical (unpaired) electrons. The summed E-state index contributed by atoms with van der Waals surface area (Å²) in [5.41, 5.74) is 1.71. The van der Waals surface area contributed by atoms with Gasteiger partial charge >= 0.3 is 5.97 Å². The predicted octanol–water partition coefficient (Wildman–Crippen LogP) is 4.45. The summed E-state index contributed by atoms with van der Waals surface area (Å²) in [5.74, 6) is -0.0867. The average Bonchev–Trinajstić information content (AvgIpc) is 2.75. The summed E-state index contributed by atoms with van der Waals surface area (Å²) < 4.78 is 5.49. The Hall–Kier alpha value is -2.18. The fourth-order valence-corrected chi connectivity index (χ4v) is 4.15. The van der Waals surface area contributed by atoms with E-state index in [0.29, 0.717) is 19.6 Å². The molecule has 6 heteroatoms. The molecule has 2 aromatic rings. The van der Waals surface area contributed by atoms with Crippen molar-refractivity contribution in [1.82, 2.24) is 14.9 Å². The molecule has 29 heavy (non-hydrogen) atoms. The van der Waals surface area contributed by atoms with Crippen LogP contribution in [0, 0.1) is 5.41 Å². The molecule has 0 N–H and O–H groups in total. The van der Waals surface area contributed by atoms with E-state index >= 15 is 0 Å². The van der Waals surface area contributed by atoms with Gasteiger partial charge in [-0.2, -0.15) is 0 Å². The van der Waals surface area contributed by atoms with Crippen LogP contribution in [0.4, 0.5) is 0 Å². The number of benzene rings is 1. The van der Waals surface area contributed by atoms with Crippen LogP contribution in [0.2, 0.25) is 0 Å². The zero-order valence-electron chi connectivity index (χ0n) is 17.2. The number of esters is 1. The number of allylic oxidation sites excluding steroid dienone is 1. The number of hydrogen-bond acceptors (Lipinski definition) is 6. The van der Waals surface area contributed by atoms with Crippen molar-refractivity contribution in [3.63, 3.8) is 0 Å². The van der Waals surface area contributed by atoms with Gasteiger partial charge in [-0.05, 0) is 44.6 Å². The second-order valence-electron chi connectivity index (χ2n) is 7.41. The quantitative estimate of drug-likeness (QED) is 0.363. The topological polar surface area (TPSA) is 55.3 Å². The van der Waals surface area contributed by atoms with Crippen molar-refractivity contribution in [3.05, 3.63) is 59.9 Å². The molecule has 5 nitrogen and oxygen atoms in total. The van der Waals surface area contributed by atoms with Crippen LogP contribution in [-0.4, -0.2) is 46.8 Å². The molecule has 1 saturated heterocycles. The number of piperidine rings is 1. The highest BCUT2D eigenvalue weighted by molar-refractivity contribution is 7.98. The van der Waals surface area contributed by atoms with Gasteiger partial charge in [-0.3, -0.25) is 9.69 Å². The Morgan fingerprint density at radius 2 is 2.03 bits per heavy atom. The number of hydrogen-bond donors (Lipinski definition) is 0. The lowest BCUT2D eigenvalue weighted by Crippen LogP contribution is -2.48. The first-order valence-electron chi connectivity index (χ1n) is 10.1. The third kappa shape index (κ3) is 5.90. The average molecular weight is 412 g/mol. The molecule has 3 rings (SSSR count). The Morgan fingerprint density at radius 3 is 2.72 bits per heavy atom. The highest BCUT2D eigenvalue weighted by atomic mass is 32.2. The van der Waals surface area contributed by atoms with Crippen LogP contribution < -0.4 is 0 Å². The van der Waals surface area contributed by atoms with Crippen molar-refractivity contribution in [2.75, 3.05) is 26.0 Å². The van der Waals surface area contributed by atoms with E-state index in [1.54, 1.807) is 0 Å². The number of likely N-dealkylation sites (tertiary alicyclic amines) is 1. The third-order valence-electron chi connectivity index (χ3n) is 5.25. The summed E-state index contributed by atoms with van der Waals surface area (Å²) in [7, 11) is 0. The van der Waals surface area contributed by atoms with Crippen molar-refractivity contribution >= 4 is 23.8 Å². The van der Waals surface area contributed by atoms with Gasteiger partial charge in [0.15, 0.2) is 5.16 Å². The summed E-state index contributed by atoms with van der Waals surface area (Å²) in [4.78, 5) is 24.0. The van der Waals surface area contributed by atoms with Crippen molar-refractivity contribution in [1.29, 1.82) is 0 Å². The lowest BCUT2D eigenvalue weighted by molar-refractivity contribution is -0.159. The van der Waals surface area contributed by atoms with E-state index in [9.17, 15) is 4.79 Å². The summed E-state index contributed by atoms with van der Waals surface area (Å²) in [6.07, 6.45) is 12.4. The van der Waals surface area contributed by atoms with Crippen LogP contribution in [-0.2, 0) is 16.1 Å². The minimum Gasteiger partial charge on any atom is -0.466 e. The first-order valence-corrected chi connectivity index (χ1v) is 11.3. The van der Waals surface area contributed by atoms with Gasteiger partial charge in [-0.15, -0.1) is 0 Å². The van der Waals surface area contributed by atoms with Gasteiger partial charge in [-0.25, -0.2) is 9.97 Å². The van der Waals surface area contributed by atoms with Gasteiger partial charge in [0.2, 0.25) is 0 Å². The third-order valence-corrected chi connectivity index (χ3v) is 5.83. The first-order chi connectivity index (χ1) is 14.1. The molecule has 1 fully saturated rings. The number of nitrogens with zero attached hydrogens (tertiary/aromatic N) is 3. The second-order valence-corrected chi connectivity index (χ2v) is 8.18. The van der Waals surface area contributed by atoms with E-state index in [0.717, 1.165) is 42.2 Å². The number of rotatable bonds is 8.